The Balaban J connectivity index is 1.97. The Kier molecular flexibility index (Phi) is 7.88. The van der Waals surface area contributed by atoms with Crippen LogP contribution in [0.5, 0.6) is 0 Å². The molecular weight excluding hydrogens is 493 g/mol. The number of halogens is 1. The summed E-state index contributed by atoms with van der Waals surface area (Å²) in [6, 6.07) is 16.9. The molecule has 0 heterocycles. The summed E-state index contributed by atoms with van der Waals surface area (Å²) in [5, 5.41) is 12.7. The van der Waals surface area contributed by atoms with Crippen molar-refractivity contribution >= 4 is 23.3 Å². The zero-order valence-electron chi connectivity index (χ0n) is 23.1. The summed E-state index contributed by atoms with van der Waals surface area (Å²) in [5.74, 6) is -0.376. The van der Waals surface area contributed by atoms with E-state index < -0.39 is 5.41 Å². The molecule has 0 spiro atoms. The Morgan fingerprint density at radius 1 is 0.897 bits per heavy atom. The van der Waals surface area contributed by atoms with E-state index in [1.165, 1.54) is 12.1 Å². The first-order chi connectivity index (χ1) is 18.4. The van der Waals surface area contributed by atoms with Crippen LogP contribution in [0.15, 0.2) is 60.7 Å². The summed E-state index contributed by atoms with van der Waals surface area (Å²) in [7, 11) is 6.87. The van der Waals surface area contributed by atoms with Crippen LogP contribution in [0.3, 0.4) is 0 Å². The van der Waals surface area contributed by atoms with Crippen LogP contribution < -0.4 is 11.1 Å². The first kappa shape index (κ1) is 28.0. The highest BCUT2D eigenvalue weighted by atomic mass is 19.1. The maximum absolute atomic E-state index is 13.6. The highest BCUT2D eigenvalue weighted by Crippen LogP contribution is 2.44. The molecule has 39 heavy (non-hydrogen) atoms. The van der Waals surface area contributed by atoms with Gasteiger partial charge >= 0.3 is 0 Å². The molecule has 0 aliphatic heterocycles. The molecule has 4 N–H and O–H groups in total. The molecule has 1 aliphatic carbocycles. The van der Waals surface area contributed by atoms with Gasteiger partial charge in [-0.15, -0.1) is 0 Å². The number of fused-ring (bicyclic) bond motifs is 2. The third-order valence-electron chi connectivity index (χ3n) is 7.27. The zero-order valence-corrected chi connectivity index (χ0v) is 23.1. The van der Waals surface area contributed by atoms with Crippen LogP contribution in [-0.4, -0.2) is 61.7 Å². The number of anilines is 1. The smallest absolute Gasteiger partial charge is 0.253 e. The predicted molar refractivity (Wildman–Crippen MR) is 153 cm³/mol. The molecule has 0 fully saturated rings. The van der Waals surface area contributed by atoms with Gasteiger partial charge in [-0.1, -0.05) is 12.1 Å². The van der Waals surface area contributed by atoms with Crippen LogP contribution in [0.25, 0.3) is 0 Å². The van der Waals surface area contributed by atoms with E-state index in [0.29, 0.717) is 36.1 Å². The summed E-state index contributed by atoms with van der Waals surface area (Å²) in [6.45, 7) is 1.91. The summed E-state index contributed by atoms with van der Waals surface area (Å²) in [5.41, 5.74) is 10.9. The van der Waals surface area contributed by atoms with Crippen molar-refractivity contribution in [2.75, 3.05) is 33.5 Å². The molecule has 1 atom stereocenters. The maximum atomic E-state index is 13.6. The largest absolute Gasteiger partial charge is 0.345 e. The van der Waals surface area contributed by atoms with Crippen molar-refractivity contribution in [3.63, 3.8) is 0 Å². The molecule has 0 unspecified atom stereocenters. The Labute approximate surface area is 229 Å². The van der Waals surface area contributed by atoms with Gasteiger partial charge in [0, 0.05) is 51.0 Å². The maximum Gasteiger partial charge on any atom is 0.253 e. The van der Waals surface area contributed by atoms with E-state index in [2.05, 4.69) is 5.32 Å². The molecule has 4 rings (SSSR count). The van der Waals surface area contributed by atoms with Crippen molar-refractivity contribution in [3.05, 3.63) is 99.9 Å². The number of benzene rings is 3. The van der Waals surface area contributed by atoms with E-state index in [9.17, 15) is 19.4 Å². The highest BCUT2D eigenvalue weighted by Gasteiger charge is 2.44. The first-order valence-electron chi connectivity index (χ1n) is 13.0. The van der Waals surface area contributed by atoms with E-state index in [0.717, 1.165) is 22.3 Å². The Bertz CT molecular complexity index is 1340. The van der Waals surface area contributed by atoms with E-state index in [1.54, 1.807) is 62.3 Å². The molecule has 0 aromatic heterocycles. The van der Waals surface area contributed by atoms with Gasteiger partial charge in [0.05, 0.1) is 5.41 Å². The topological polar surface area (TPSA) is 103 Å². The zero-order chi connectivity index (χ0) is 28.5. The third-order valence-corrected chi connectivity index (χ3v) is 7.27. The lowest BCUT2D eigenvalue weighted by Crippen LogP contribution is -2.45. The van der Waals surface area contributed by atoms with Crippen molar-refractivity contribution < 1.29 is 14.0 Å². The number of nitrogens with one attached hydrogen (secondary N) is 2. The Morgan fingerprint density at radius 2 is 1.36 bits per heavy atom. The van der Waals surface area contributed by atoms with E-state index in [4.69, 9.17) is 5.73 Å². The van der Waals surface area contributed by atoms with Crippen LogP contribution in [0, 0.1) is 11.2 Å². The number of amides is 2. The highest BCUT2D eigenvalue weighted by molar-refractivity contribution is 6.05. The molecule has 0 saturated carbocycles. The van der Waals surface area contributed by atoms with Gasteiger partial charge in [0.2, 0.25) is 0 Å². The van der Waals surface area contributed by atoms with Gasteiger partial charge in [-0.2, -0.15) is 0 Å². The third kappa shape index (κ3) is 5.43. The molecule has 3 aromatic carbocycles. The second-order valence-corrected chi connectivity index (χ2v) is 10.7. The summed E-state index contributed by atoms with van der Waals surface area (Å²) in [6.07, 6.45) is 1.66. The van der Waals surface area contributed by atoms with Crippen LogP contribution in [0.4, 0.5) is 10.1 Å². The van der Waals surface area contributed by atoms with Gasteiger partial charge in [0.25, 0.3) is 11.8 Å². The number of carbonyl (C=O) groups excluding carboxylic acids is 2. The fourth-order valence-electron chi connectivity index (χ4n) is 5.49. The van der Waals surface area contributed by atoms with Crippen LogP contribution >= 0.6 is 0 Å². The van der Waals surface area contributed by atoms with Crippen molar-refractivity contribution in [2.45, 2.75) is 37.6 Å². The second-order valence-electron chi connectivity index (χ2n) is 10.7. The minimum atomic E-state index is -0.997. The quantitative estimate of drug-likeness (QED) is 0.325. The molecule has 3 aromatic rings. The number of aryl methyl sites for hydroxylation is 2. The van der Waals surface area contributed by atoms with E-state index in [1.807, 2.05) is 31.2 Å². The predicted octanol–water partition coefficient (Wildman–Crippen LogP) is 4.44. The molecule has 0 bridgehead atoms. The van der Waals surface area contributed by atoms with Gasteiger partial charge in [0.15, 0.2) is 0 Å². The van der Waals surface area contributed by atoms with Crippen molar-refractivity contribution in [3.8, 4) is 0 Å². The molecule has 1 aliphatic rings. The Morgan fingerprint density at radius 3 is 1.77 bits per heavy atom. The number of hydrogen-bond donors (Lipinski definition) is 3. The SMILES string of the molecule is C[C@@H](N)CC1(C(=N)Nc2ccc(F)cc2)c2ccc(C(=O)N(C)C)cc2CCc2cc(C(=O)N(C)C)ccc21. The molecule has 7 nitrogen and oxygen atoms in total. The number of nitrogens with zero attached hydrogens (tertiary/aromatic N) is 2. The fraction of sp³-hybridized carbons (Fsp3) is 0.323. The number of carbonyl (C=O) groups is 2. The van der Waals surface area contributed by atoms with Gasteiger partial charge < -0.3 is 20.9 Å². The van der Waals surface area contributed by atoms with Crippen molar-refractivity contribution in [1.82, 2.24) is 9.80 Å². The normalized spacial score (nSPS) is 14.3. The lowest BCUT2D eigenvalue weighted by Gasteiger charge is -2.39. The van der Waals surface area contributed by atoms with Crippen LogP contribution in [0.1, 0.15) is 56.3 Å². The van der Waals surface area contributed by atoms with Crippen LogP contribution in [-0.2, 0) is 18.3 Å². The molecular formula is C31H36FN5O2. The summed E-state index contributed by atoms with van der Waals surface area (Å²) in [4.78, 5) is 28.8. The monoisotopic (exact) mass is 529 g/mol. The first-order valence-corrected chi connectivity index (χ1v) is 13.0. The lowest BCUT2D eigenvalue weighted by atomic mass is 9.67. The number of hydrogen-bond acceptors (Lipinski definition) is 4. The number of amidine groups is 1. The fourth-order valence-corrected chi connectivity index (χ4v) is 5.49. The molecule has 0 saturated heterocycles. The number of rotatable bonds is 6. The van der Waals surface area contributed by atoms with E-state index >= 15 is 0 Å². The van der Waals surface area contributed by atoms with Crippen LogP contribution in [0.2, 0.25) is 0 Å². The molecule has 0 radical (unpaired) electrons. The second kappa shape index (κ2) is 11.0. The average molecular weight is 530 g/mol. The average Bonchev–Trinajstić information content (AvgIpc) is 3.03. The van der Waals surface area contributed by atoms with Crippen molar-refractivity contribution in [2.24, 2.45) is 5.73 Å². The molecule has 204 valence electrons. The van der Waals surface area contributed by atoms with Gasteiger partial charge in [-0.25, -0.2) is 4.39 Å². The Hall–Kier alpha value is -4.04. The van der Waals surface area contributed by atoms with E-state index in [-0.39, 0.29) is 29.5 Å². The molecule has 8 heteroatoms. The lowest BCUT2D eigenvalue weighted by molar-refractivity contribution is 0.0820. The minimum Gasteiger partial charge on any atom is -0.345 e. The summed E-state index contributed by atoms with van der Waals surface area (Å²) >= 11 is 0. The van der Waals surface area contributed by atoms with Crippen molar-refractivity contribution in [1.29, 1.82) is 5.41 Å². The van der Waals surface area contributed by atoms with Gasteiger partial charge in [-0.3, -0.25) is 15.0 Å². The standard InChI is InChI=1S/C31H36FN5O2/c1-19(33)18-31(30(34)35-25-12-10-24(32)11-13-25)26-14-8-22(28(38)36(2)3)16-20(26)6-7-21-17-23(9-15-27(21)31)29(39)37(4)5/h8-17,19H,6-7,18,33H2,1-5H3,(H2,34,35)/t19-/m1/s1. The number of nitrogens with two attached hydrogens (primary N) is 1. The van der Waals surface area contributed by atoms with Gasteiger partial charge in [-0.05, 0) is 97.0 Å². The molecule has 2 amide bonds. The summed E-state index contributed by atoms with van der Waals surface area (Å²) < 4.78 is 13.6. The van der Waals surface area contributed by atoms with Gasteiger partial charge in [0.1, 0.15) is 11.7 Å². The minimum absolute atomic E-state index is 0.101.